The summed E-state index contributed by atoms with van der Waals surface area (Å²) < 4.78 is 29.7. The standard InChI is InChI=1S/C16H10BrF2N5/c17-10-3-6-13(19)12(7-10)15-8-14(9-1-4-11(18)5-2-9)20-16-21-22-23-24(15)16/h1-8,15H,(H,20,21,23). The predicted molar refractivity (Wildman–Crippen MR) is 88.1 cm³/mol. The van der Waals surface area contributed by atoms with Crippen LogP contribution in [0.15, 0.2) is 53.0 Å². The molecule has 0 fully saturated rings. The molecule has 120 valence electrons. The Labute approximate surface area is 144 Å². The number of allylic oxidation sites excluding steroid dienone is 1. The molecule has 0 radical (unpaired) electrons. The van der Waals surface area contributed by atoms with Crippen LogP contribution in [0.1, 0.15) is 17.2 Å². The van der Waals surface area contributed by atoms with E-state index in [0.717, 1.165) is 10.0 Å². The number of halogens is 3. The maximum atomic E-state index is 14.3. The topological polar surface area (TPSA) is 55.6 Å². The molecule has 1 aliphatic heterocycles. The molecule has 0 amide bonds. The minimum Gasteiger partial charge on any atom is -0.323 e. The molecular formula is C16H10BrF2N5. The molecule has 1 N–H and O–H groups in total. The first kappa shape index (κ1) is 14.9. The van der Waals surface area contributed by atoms with E-state index in [9.17, 15) is 8.78 Å². The molecule has 2 aromatic carbocycles. The zero-order valence-electron chi connectivity index (χ0n) is 12.1. The van der Waals surface area contributed by atoms with Crippen molar-refractivity contribution in [2.45, 2.75) is 6.04 Å². The molecular weight excluding hydrogens is 380 g/mol. The monoisotopic (exact) mass is 389 g/mol. The third-order valence-electron chi connectivity index (χ3n) is 3.76. The summed E-state index contributed by atoms with van der Waals surface area (Å²) in [5, 5.41) is 14.6. The molecule has 1 aromatic heterocycles. The Balaban J connectivity index is 1.85. The quantitative estimate of drug-likeness (QED) is 0.724. The lowest BCUT2D eigenvalue weighted by molar-refractivity contribution is 0.539. The molecule has 1 unspecified atom stereocenters. The number of tetrazole rings is 1. The van der Waals surface area contributed by atoms with Crippen molar-refractivity contribution in [1.29, 1.82) is 0 Å². The van der Waals surface area contributed by atoms with Crippen LogP contribution in [-0.4, -0.2) is 20.2 Å². The van der Waals surface area contributed by atoms with Crippen molar-refractivity contribution >= 4 is 27.6 Å². The van der Waals surface area contributed by atoms with Crippen molar-refractivity contribution in [3.63, 3.8) is 0 Å². The van der Waals surface area contributed by atoms with Crippen LogP contribution in [0.4, 0.5) is 14.7 Å². The fraction of sp³-hybridized carbons (Fsp3) is 0.0625. The van der Waals surface area contributed by atoms with Crippen LogP contribution in [-0.2, 0) is 0 Å². The molecule has 0 saturated carbocycles. The Hall–Kier alpha value is -2.61. The van der Waals surface area contributed by atoms with Gasteiger partial charge in [-0.15, -0.1) is 0 Å². The van der Waals surface area contributed by atoms with Crippen LogP contribution in [0.5, 0.6) is 0 Å². The van der Waals surface area contributed by atoms with Gasteiger partial charge in [-0.1, -0.05) is 21.0 Å². The van der Waals surface area contributed by atoms with Crippen LogP contribution in [0.2, 0.25) is 0 Å². The zero-order valence-corrected chi connectivity index (χ0v) is 13.7. The number of fused-ring (bicyclic) bond motifs is 1. The molecule has 1 aliphatic rings. The maximum Gasteiger partial charge on any atom is 0.248 e. The highest BCUT2D eigenvalue weighted by atomic mass is 79.9. The fourth-order valence-corrected chi connectivity index (χ4v) is 2.99. The van der Waals surface area contributed by atoms with E-state index < -0.39 is 6.04 Å². The van der Waals surface area contributed by atoms with Gasteiger partial charge < -0.3 is 5.32 Å². The number of aromatic nitrogens is 4. The molecule has 4 rings (SSSR count). The van der Waals surface area contributed by atoms with Gasteiger partial charge in [0.15, 0.2) is 0 Å². The SMILES string of the molecule is Fc1ccc(C2=CC(c3cc(Br)ccc3F)n3nnnc3N2)cc1. The van der Waals surface area contributed by atoms with Crippen molar-refractivity contribution < 1.29 is 8.78 Å². The lowest BCUT2D eigenvalue weighted by Gasteiger charge is -2.24. The first-order chi connectivity index (χ1) is 11.6. The summed E-state index contributed by atoms with van der Waals surface area (Å²) in [6, 6.07) is 10.2. The molecule has 0 aliphatic carbocycles. The number of hydrogen-bond acceptors (Lipinski definition) is 4. The molecule has 2 heterocycles. The van der Waals surface area contributed by atoms with E-state index >= 15 is 0 Å². The van der Waals surface area contributed by atoms with Gasteiger partial charge in [0, 0.05) is 15.7 Å². The lowest BCUT2D eigenvalue weighted by Crippen LogP contribution is -2.21. The number of hydrogen-bond donors (Lipinski definition) is 1. The van der Waals surface area contributed by atoms with Crippen molar-refractivity contribution in [2.75, 3.05) is 5.32 Å². The van der Waals surface area contributed by atoms with Gasteiger partial charge in [-0.3, -0.25) is 0 Å². The number of anilines is 1. The van der Waals surface area contributed by atoms with Gasteiger partial charge in [0.2, 0.25) is 5.95 Å². The lowest BCUT2D eigenvalue weighted by atomic mass is 10.0. The summed E-state index contributed by atoms with van der Waals surface area (Å²) in [6.07, 6.45) is 1.81. The summed E-state index contributed by atoms with van der Waals surface area (Å²) in [6.45, 7) is 0. The number of rotatable bonds is 2. The second-order valence-corrected chi connectivity index (χ2v) is 6.19. The molecule has 1 atom stereocenters. The van der Waals surface area contributed by atoms with E-state index in [-0.39, 0.29) is 11.6 Å². The molecule has 0 spiro atoms. The molecule has 0 saturated heterocycles. The van der Waals surface area contributed by atoms with Crippen LogP contribution in [0.3, 0.4) is 0 Å². The van der Waals surface area contributed by atoms with Gasteiger partial charge in [-0.25, -0.2) is 8.78 Å². The molecule has 3 aromatic rings. The summed E-state index contributed by atoms with van der Waals surface area (Å²) in [5.74, 6) is -0.294. The number of benzene rings is 2. The van der Waals surface area contributed by atoms with Gasteiger partial charge in [0.1, 0.15) is 17.7 Å². The van der Waals surface area contributed by atoms with E-state index in [0.29, 0.717) is 17.2 Å². The van der Waals surface area contributed by atoms with E-state index in [2.05, 4.69) is 36.8 Å². The minimum atomic E-state index is -0.520. The highest BCUT2D eigenvalue weighted by Gasteiger charge is 2.26. The van der Waals surface area contributed by atoms with Crippen LogP contribution in [0.25, 0.3) is 5.70 Å². The van der Waals surface area contributed by atoms with Gasteiger partial charge in [0.25, 0.3) is 0 Å². The van der Waals surface area contributed by atoms with Gasteiger partial charge in [0.05, 0.1) is 0 Å². The van der Waals surface area contributed by atoms with E-state index in [1.54, 1.807) is 30.3 Å². The van der Waals surface area contributed by atoms with Crippen molar-refractivity contribution in [3.05, 3.63) is 75.8 Å². The third-order valence-corrected chi connectivity index (χ3v) is 4.25. The Bertz CT molecular complexity index is 936. The van der Waals surface area contributed by atoms with Gasteiger partial charge >= 0.3 is 0 Å². The molecule has 5 nitrogen and oxygen atoms in total. The van der Waals surface area contributed by atoms with E-state index in [1.807, 2.05) is 0 Å². The highest BCUT2D eigenvalue weighted by molar-refractivity contribution is 9.10. The molecule has 24 heavy (non-hydrogen) atoms. The summed E-state index contributed by atoms with van der Waals surface area (Å²) in [5.41, 5.74) is 1.87. The van der Waals surface area contributed by atoms with E-state index in [4.69, 9.17) is 0 Å². The average Bonchev–Trinajstić information content (AvgIpc) is 3.05. The van der Waals surface area contributed by atoms with Crippen molar-refractivity contribution in [2.24, 2.45) is 0 Å². The average molecular weight is 390 g/mol. The smallest absolute Gasteiger partial charge is 0.248 e. The summed E-state index contributed by atoms with van der Waals surface area (Å²) >= 11 is 3.36. The largest absolute Gasteiger partial charge is 0.323 e. The second kappa shape index (κ2) is 5.79. The predicted octanol–water partition coefficient (Wildman–Crippen LogP) is 3.77. The number of nitrogens with one attached hydrogen (secondary N) is 1. The summed E-state index contributed by atoms with van der Waals surface area (Å²) in [7, 11) is 0. The van der Waals surface area contributed by atoms with Gasteiger partial charge in [-0.2, -0.15) is 4.68 Å². The van der Waals surface area contributed by atoms with E-state index in [1.165, 1.54) is 22.9 Å². The Kier molecular flexibility index (Phi) is 3.61. The first-order valence-corrected chi connectivity index (χ1v) is 7.89. The highest BCUT2D eigenvalue weighted by Crippen LogP contribution is 2.33. The Morgan fingerprint density at radius 2 is 1.88 bits per heavy atom. The normalized spacial score (nSPS) is 16.3. The fourth-order valence-electron chi connectivity index (χ4n) is 2.61. The summed E-state index contributed by atoms with van der Waals surface area (Å²) in [4.78, 5) is 0. The Morgan fingerprint density at radius 1 is 1.08 bits per heavy atom. The number of nitrogens with zero attached hydrogens (tertiary/aromatic N) is 4. The van der Waals surface area contributed by atoms with Crippen LogP contribution in [0, 0.1) is 11.6 Å². The van der Waals surface area contributed by atoms with Crippen LogP contribution >= 0.6 is 15.9 Å². The first-order valence-electron chi connectivity index (χ1n) is 7.09. The minimum absolute atomic E-state index is 0.324. The van der Waals surface area contributed by atoms with Crippen molar-refractivity contribution in [1.82, 2.24) is 20.2 Å². The second-order valence-electron chi connectivity index (χ2n) is 5.27. The van der Waals surface area contributed by atoms with Crippen LogP contribution < -0.4 is 5.32 Å². The molecule has 8 heteroatoms. The maximum absolute atomic E-state index is 14.3. The van der Waals surface area contributed by atoms with Crippen molar-refractivity contribution in [3.8, 4) is 0 Å². The molecule has 0 bridgehead atoms. The van der Waals surface area contributed by atoms with Gasteiger partial charge in [-0.05, 0) is 64.5 Å². The Morgan fingerprint density at radius 3 is 2.67 bits per heavy atom. The zero-order chi connectivity index (χ0) is 16.7. The third kappa shape index (κ3) is 2.58.